The van der Waals surface area contributed by atoms with Crippen molar-refractivity contribution < 1.29 is 8.42 Å². The molecule has 2 aromatic rings. The fourth-order valence-corrected chi connectivity index (χ4v) is 4.57. The van der Waals surface area contributed by atoms with Crippen molar-refractivity contribution in [3.63, 3.8) is 0 Å². The summed E-state index contributed by atoms with van der Waals surface area (Å²) in [7, 11) is -3.67. The Kier molecular flexibility index (Phi) is 4.48. The van der Waals surface area contributed by atoms with Gasteiger partial charge in [0.2, 0.25) is 0 Å². The van der Waals surface area contributed by atoms with Crippen molar-refractivity contribution in [1.29, 1.82) is 0 Å². The lowest BCUT2D eigenvalue weighted by Crippen LogP contribution is -2.15. The summed E-state index contributed by atoms with van der Waals surface area (Å²) in [5, 5.41) is 2.15. The Bertz CT molecular complexity index is 741. The van der Waals surface area contributed by atoms with Crippen molar-refractivity contribution in [2.24, 2.45) is 5.73 Å². The fraction of sp³-hybridized carbons (Fsp3) is 0.250. The summed E-state index contributed by atoms with van der Waals surface area (Å²) in [6.07, 6.45) is 0. The van der Waals surface area contributed by atoms with E-state index in [0.717, 1.165) is 15.7 Å². The molecule has 0 aliphatic rings. The first-order valence-electron chi connectivity index (χ1n) is 5.77. The minimum Gasteiger partial charge on any atom is -0.326 e. The molecule has 0 radical (unpaired) electrons. The van der Waals surface area contributed by atoms with E-state index in [4.69, 9.17) is 5.73 Å². The fourth-order valence-electron chi connectivity index (χ4n) is 1.67. The van der Waals surface area contributed by atoms with Crippen molar-refractivity contribution >= 4 is 42.4 Å². The molecule has 2 rings (SSSR count). The van der Waals surface area contributed by atoms with Gasteiger partial charge in [0.15, 0.2) is 5.13 Å². The number of rotatable bonds is 4. The Morgan fingerprint density at radius 1 is 1.40 bits per heavy atom. The molecule has 0 amide bonds. The summed E-state index contributed by atoms with van der Waals surface area (Å²) in [6.45, 7) is 3.83. The highest BCUT2D eigenvalue weighted by molar-refractivity contribution is 9.10. The molecular weight excluding hydrogens is 362 g/mol. The molecule has 8 heteroatoms. The second kappa shape index (κ2) is 5.80. The molecule has 0 atom stereocenters. The molecule has 3 N–H and O–H groups in total. The van der Waals surface area contributed by atoms with Crippen LogP contribution in [0, 0.1) is 13.8 Å². The molecule has 1 aromatic heterocycles. The minimum atomic E-state index is -3.67. The van der Waals surface area contributed by atoms with E-state index in [0.29, 0.717) is 10.7 Å². The van der Waals surface area contributed by atoms with E-state index in [-0.39, 0.29) is 11.4 Å². The standard InChI is InChI=1S/C12H14BrN3O2S2/c1-7-6-19-12(15-7)16-20(17,18)11-4-9(5-14)3-10(13)8(11)2/h3-4,6H,5,14H2,1-2H3,(H,15,16). The maximum absolute atomic E-state index is 12.4. The van der Waals surface area contributed by atoms with Crippen LogP contribution in [0.25, 0.3) is 0 Å². The smallest absolute Gasteiger partial charge is 0.263 e. The minimum absolute atomic E-state index is 0.208. The van der Waals surface area contributed by atoms with Gasteiger partial charge in [-0.15, -0.1) is 11.3 Å². The number of halogens is 1. The number of benzene rings is 1. The van der Waals surface area contributed by atoms with Crippen molar-refractivity contribution in [2.75, 3.05) is 4.72 Å². The normalized spacial score (nSPS) is 11.6. The van der Waals surface area contributed by atoms with Crippen LogP contribution in [0.1, 0.15) is 16.8 Å². The third-order valence-electron chi connectivity index (χ3n) is 2.72. The molecule has 0 unspecified atom stereocenters. The second-order valence-electron chi connectivity index (χ2n) is 4.30. The number of sulfonamides is 1. The number of thiazole rings is 1. The van der Waals surface area contributed by atoms with Crippen molar-refractivity contribution in [3.05, 3.63) is 38.8 Å². The number of aryl methyl sites for hydroxylation is 1. The summed E-state index contributed by atoms with van der Waals surface area (Å²) < 4.78 is 28.1. The molecule has 1 aromatic carbocycles. The molecule has 0 spiro atoms. The SMILES string of the molecule is Cc1csc(NS(=O)(=O)c2cc(CN)cc(Br)c2C)n1. The zero-order valence-electron chi connectivity index (χ0n) is 11.0. The average molecular weight is 376 g/mol. The largest absolute Gasteiger partial charge is 0.326 e. The molecule has 20 heavy (non-hydrogen) atoms. The van der Waals surface area contributed by atoms with Crippen LogP contribution in [0.2, 0.25) is 0 Å². The predicted octanol–water partition coefficient (Wildman–Crippen LogP) is 2.78. The van der Waals surface area contributed by atoms with Gasteiger partial charge in [0.05, 0.1) is 10.6 Å². The highest BCUT2D eigenvalue weighted by Crippen LogP contribution is 2.28. The van der Waals surface area contributed by atoms with E-state index >= 15 is 0 Å². The molecule has 5 nitrogen and oxygen atoms in total. The summed E-state index contributed by atoms with van der Waals surface area (Å²) in [4.78, 5) is 4.32. The Labute approximate surface area is 130 Å². The van der Waals surface area contributed by atoms with E-state index in [2.05, 4.69) is 25.6 Å². The number of nitrogens with two attached hydrogens (primary N) is 1. The van der Waals surface area contributed by atoms with Gasteiger partial charge < -0.3 is 5.73 Å². The number of hydrogen-bond donors (Lipinski definition) is 2. The highest BCUT2D eigenvalue weighted by Gasteiger charge is 2.20. The van der Waals surface area contributed by atoms with E-state index < -0.39 is 10.0 Å². The number of anilines is 1. The van der Waals surface area contributed by atoms with Crippen LogP contribution in [0.4, 0.5) is 5.13 Å². The first-order valence-corrected chi connectivity index (χ1v) is 8.93. The molecule has 1 heterocycles. The van der Waals surface area contributed by atoms with Crippen molar-refractivity contribution in [3.8, 4) is 0 Å². The van der Waals surface area contributed by atoms with Crippen molar-refractivity contribution in [2.45, 2.75) is 25.3 Å². The Morgan fingerprint density at radius 3 is 2.65 bits per heavy atom. The second-order valence-corrected chi connectivity index (χ2v) is 7.67. The van der Waals surface area contributed by atoms with Gasteiger partial charge in [0.1, 0.15) is 0 Å². The van der Waals surface area contributed by atoms with Gasteiger partial charge in [-0.3, -0.25) is 4.72 Å². The Hall–Kier alpha value is -0.960. The van der Waals surface area contributed by atoms with Crippen LogP contribution in [-0.4, -0.2) is 13.4 Å². The van der Waals surface area contributed by atoms with Gasteiger partial charge in [-0.05, 0) is 37.1 Å². The first-order chi connectivity index (χ1) is 9.33. The van der Waals surface area contributed by atoms with Crippen LogP contribution in [0.15, 0.2) is 26.9 Å². The predicted molar refractivity (Wildman–Crippen MR) is 84.4 cm³/mol. The monoisotopic (exact) mass is 375 g/mol. The van der Waals surface area contributed by atoms with Gasteiger partial charge in [-0.2, -0.15) is 0 Å². The number of nitrogens with zero attached hydrogens (tertiary/aromatic N) is 1. The zero-order chi connectivity index (χ0) is 14.9. The average Bonchev–Trinajstić information content (AvgIpc) is 2.76. The van der Waals surface area contributed by atoms with E-state index in [1.165, 1.54) is 11.3 Å². The van der Waals surface area contributed by atoms with Crippen molar-refractivity contribution in [1.82, 2.24) is 4.98 Å². The third-order valence-corrected chi connectivity index (χ3v) is 6.02. The highest BCUT2D eigenvalue weighted by atomic mass is 79.9. The molecular formula is C12H14BrN3O2S2. The lowest BCUT2D eigenvalue weighted by molar-refractivity contribution is 0.600. The first kappa shape index (κ1) is 15.4. The van der Waals surface area contributed by atoms with Crippen LogP contribution < -0.4 is 10.5 Å². The van der Waals surface area contributed by atoms with Gasteiger partial charge in [-0.25, -0.2) is 13.4 Å². The van der Waals surface area contributed by atoms with E-state index in [9.17, 15) is 8.42 Å². The van der Waals surface area contributed by atoms with E-state index in [1.807, 2.05) is 13.0 Å². The molecule has 0 saturated carbocycles. The number of aromatic nitrogens is 1. The molecule has 108 valence electrons. The maximum atomic E-state index is 12.4. The zero-order valence-corrected chi connectivity index (χ0v) is 14.2. The van der Waals surface area contributed by atoms with Gasteiger partial charge in [0.25, 0.3) is 10.0 Å². The van der Waals surface area contributed by atoms with Crippen LogP contribution in [-0.2, 0) is 16.6 Å². The molecule has 0 saturated heterocycles. The van der Waals surface area contributed by atoms with Gasteiger partial charge >= 0.3 is 0 Å². The van der Waals surface area contributed by atoms with Gasteiger partial charge in [0, 0.05) is 16.4 Å². The van der Waals surface area contributed by atoms with Crippen LogP contribution in [0.5, 0.6) is 0 Å². The Morgan fingerprint density at radius 2 is 2.10 bits per heavy atom. The Balaban J connectivity index is 2.46. The third kappa shape index (κ3) is 3.20. The molecule has 0 fully saturated rings. The molecule has 0 aliphatic heterocycles. The van der Waals surface area contributed by atoms with Gasteiger partial charge in [-0.1, -0.05) is 15.9 Å². The van der Waals surface area contributed by atoms with Crippen LogP contribution >= 0.6 is 27.3 Å². The summed E-state index contributed by atoms with van der Waals surface area (Å²) >= 11 is 4.61. The topological polar surface area (TPSA) is 85.1 Å². The molecule has 0 bridgehead atoms. The summed E-state index contributed by atoms with van der Waals surface area (Å²) in [5.41, 5.74) is 7.76. The number of nitrogens with one attached hydrogen (secondary N) is 1. The summed E-state index contributed by atoms with van der Waals surface area (Å²) in [5.74, 6) is 0. The number of hydrogen-bond acceptors (Lipinski definition) is 5. The van der Waals surface area contributed by atoms with Crippen LogP contribution in [0.3, 0.4) is 0 Å². The maximum Gasteiger partial charge on any atom is 0.263 e. The lowest BCUT2D eigenvalue weighted by Gasteiger charge is -2.11. The summed E-state index contributed by atoms with van der Waals surface area (Å²) in [6, 6.07) is 3.41. The quantitative estimate of drug-likeness (QED) is 0.859. The van der Waals surface area contributed by atoms with E-state index in [1.54, 1.807) is 18.4 Å². The molecule has 0 aliphatic carbocycles. The lowest BCUT2D eigenvalue weighted by atomic mass is 10.1.